The summed E-state index contributed by atoms with van der Waals surface area (Å²) in [5.41, 5.74) is 0.0158. The number of carbonyl (C=O) groups is 3. The summed E-state index contributed by atoms with van der Waals surface area (Å²) < 4.78 is 18.0. The van der Waals surface area contributed by atoms with E-state index in [2.05, 4.69) is 4.99 Å². The van der Waals surface area contributed by atoms with Crippen molar-refractivity contribution in [2.75, 3.05) is 11.5 Å². The second kappa shape index (κ2) is 8.31. The monoisotopic (exact) mass is 411 g/mol. The molecule has 2 aliphatic rings. The van der Waals surface area contributed by atoms with Crippen LogP contribution in [-0.4, -0.2) is 81.7 Å². The highest BCUT2D eigenvalue weighted by Crippen LogP contribution is 2.24. The summed E-state index contributed by atoms with van der Waals surface area (Å²) in [7, 11) is 0. The van der Waals surface area contributed by atoms with Crippen molar-refractivity contribution in [2.45, 2.75) is 30.6 Å². The Morgan fingerprint density at radius 1 is 1.14 bits per heavy atom. The largest absolute Gasteiger partial charge is 0.394 e. The van der Waals surface area contributed by atoms with E-state index < -0.39 is 66.8 Å². The number of amides is 4. The van der Waals surface area contributed by atoms with Crippen molar-refractivity contribution in [1.29, 1.82) is 0 Å². The first-order chi connectivity index (χ1) is 13.7. The quantitative estimate of drug-likeness (QED) is 0.277. The maximum absolute atomic E-state index is 13.1. The van der Waals surface area contributed by atoms with Gasteiger partial charge in [0.1, 0.15) is 30.2 Å². The van der Waals surface area contributed by atoms with E-state index in [-0.39, 0.29) is 5.69 Å². The molecule has 2 aliphatic heterocycles. The molecule has 1 aromatic rings. The highest BCUT2D eigenvalue weighted by Gasteiger charge is 2.45. The van der Waals surface area contributed by atoms with Crippen LogP contribution in [0.1, 0.15) is 0 Å². The van der Waals surface area contributed by atoms with Crippen molar-refractivity contribution in [3.63, 3.8) is 0 Å². The normalized spacial score (nSPS) is 33.3. The van der Waals surface area contributed by atoms with E-state index in [4.69, 9.17) is 9.84 Å². The van der Waals surface area contributed by atoms with E-state index in [1.165, 1.54) is 12.1 Å². The van der Waals surface area contributed by atoms with Crippen LogP contribution in [0.2, 0.25) is 0 Å². The predicted molar refractivity (Wildman–Crippen MR) is 93.2 cm³/mol. The van der Waals surface area contributed by atoms with E-state index in [1.54, 1.807) is 0 Å². The number of urea groups is 1. The maximum atomic E-state index is 13.1. The van der Waals surface area contributed by atoms with Crippen molar-refractivity contribution in [3.05, 3.63) is 30.1 Å². The van der Waals surface area contributed by atoms with Gasteiger partial charge in [-0.05, 0) is 24.3 Å². The molecule has 11 nitrogen and oxygen atoms in total. The fourth-order valence-corrected chi connectivity index (χ4v) is 2.99. The summed E-state index contributed by atoms with van der Waals surface area (Å²) in [5, 5.41) is 40.9. The van der Waals surface area contributed by atoms with Crippen LogP contribution >= 0.6 is 0 Å². The summed E-state index contributed by atoms with van der Waals surface area (Å²) in [5.74, 6) is -4.15. The molecule has 1 aromatic carbocycles. The number of halogens is 1. The van der Waals surface area contributed by atoms with Crippen molar-refractivity contribution in [2.24, 2.45) is 10.9 Å². The summed E-state index contributed by atoms with van der Waals surface area (Å²) in [6.45, 7) is -0.663. The molecule has 0 aliphatic carbocycles. The van der Waals surface area contributed by atoms with Crippen LogP contribution in [0, 0.1) is 11.7 Å². The first-order valence-corrected chi connectivity index (χ1v) is 8.52. The third kappa shape index (κ3) is 4.02. The molecular formula is C17H18FN3O8. The zero-order chi connectivity index (χ0) is 21.3. The molecule has 0 bridgehead atoms. The standard InChI is InChI=1S/C17H18FN3O8/c18-7-1-3-8(4-2-7)21-15(26)9(14(25)20-17(21)28)5-19-11-13(24)12(23)10(6-22)29-16(11)27/h1-5,9-13,16,22-24,27H,6H2,(H,20,25,28)/t9-,10-,11-,12+,13-,16-/m1/s1. The van der Waals surface area contributed by atoms with Gasteiger partial charge in [0.2, 0.25) is 5.91 Å². The van der Waals surface area contributed by atoms with E-state index in [9.17, 15) is 34.1 Å². The topological polar surface area (TPSA) is 169 Å². The van der Waals surface area contributed by atoms with Gasteiger partial charge in [0.05, 0.1) is 12.3 Å². The molecule has 0 saturated carbocycles. The Kier molecular flexibility index (Phi) is 6.00. The van der Waals surface area contributed by atoms with Gasteiger partial charge in [-0.1, -0.05) is 0 Å². The summed E-state index contributed by atoms with van der Waals surface area (Å²) >= 11 is 0. The van der Waals surface area contributed by atoms with Gasteiger partial charge >= 0.3 is 6.03 Å². The number of rotatable bonds is 4. The number of hydrogen-bond acceptors (Lipinski definition) is 9. The molecule has 12 heteroatoms. The smallest absolute Gasteiger partial charge is 0.335 e. The minimum Gasteiger partial charge on any atom is -0.394 e. The molecule has 2 fully saturated rings. The molecule has 0 radical (unpaired) electrons. The van der Waals surface area contributed by atoms with E-state index in [0.717, 1.165) is 18.3 Å². The number of anilines is 1. The van der Waals surface area contributed by atoms with Crippen LogP contribution < -0.4 is 10.2 Å². The van der Waals surface area contributed by atoms with Crippen LogP contribution in [0.25, 0.3) is 0 Å². The fraction of sp³-hybridized carbons (Fsp3) is 0.412. The molecule has 0 aromatic heterocycles. The van der Waals surface area contributed by atoms with Gasteiger partial charge < -0.3 is 25.2 Å². The first kappa shape index (κ1) is 21.0. The molecule has 5 N–H and O–H groups in total. The third-order valence-electron chi connectivity index (χ3n) is 4.56. The SMILES string of the molecule is O=C1NC(=O)N(c2ccc(F)cc2)C(=O)[C@@H]1C=N[C@@H]1[C@@H](O)[C@@H](O)[C@@H](CO)O[C@H]1O. The Hall–Kier alpha value is -2.77. The number of nitrogens with zero attached hydrogens (tertiary/aromatic N) is 2. The highest BCUT2D eigenvalue weighted by molar-refractivity contribution is 6.32. The Bertz CT molecular complexity index is 832. The van der Waals surface area contributed by atoms with Gasteiger partial charge in [0.15, 0.2) is 12.2 Å². The molecule has 156 valence electrons. The zero-order valence-corrected chi connectivity index (χ0v) is 14.8. The van der Waals surface area contributed by atoms with Crippen LogP contribution in [0.3, 0.4) is 0 Å². The van der Waals surface area contributed by atoms with Crippen LogP contribution in [-0.2, 0) is 14.3 Å². The number of aliphatic hydroxyl groups excluding tert-OH is 4. The van der Waals surface area contributed by atoms with Crippen molar-refractivity contribution in [3.8, 4) is 0 Å². The predicted octanol–water partition coefficient (Wildman–Crippen LogP) is -2.10. The van der Waals surface area contributed by atoms with E-state index >= 15 is 0 Å². The van der Waals surface area contributed by atoms with Crippen LogP contribution in [0.5, 0.6) is 0 Å². The molecule has 2 saturated heterocycles. The maximum Gasteiger partial charge on any atom is 0.335 e. The van der Waals surface area contributed by atoms with Gasteiger partial charge in [-0.25, -0.2) is 14.1 Å². The van der Waals surface area contributed by atoms with Crippen molar-refractivity contribution < 1.29 is 43.9 Å². The molecule has 29 heavy (non-hydrogen) atoms. The van der Waals surface area contributed by atoms with Gasteiger partial charge in [-0.3, -0.25) is 19.9 Å². The number of nitrogens with one attached hydrogen (secondary N) is 1. The van der Waals surface area contributed by atoms with Gasteiger partial charge in [-0.15, -0.1) is 0 Å². The second-order valence-corrected chi connectivity index (χ2v) is 6.44. The number of aliphatic hydroxyl groups is 4. The number of imide groups is 2. The molecule has 0 unspecified atom stereocenters. The second-order valence-electron chi connectivity index (χ2n) is 6.44. The van der Waals surface area contributed by atoms with Crippen LogP contribution in [0.15, 0.2) is 29.3 Å². The highest BCUT2D eigenvalue weighted by atomic mass is 19.1. The number of carbonyl (C=O) groups excluding carboxylic acids is 3. The summed E-state index contributed by atoms with van der Waals surface area (Å²) in [6.07, 6.45) is -5.37. The third-order valence-corrected chi connectivity index (χ3v) is 4.56. The zero-order valence-electron chi connectivity index (χ0n) is 14.8. The lowest BCUT2D eigenvalue weighted by Gasteiger charge is -2.38. The fourth-order valence-electron chi connectivity index (χ4n) is 2.99. The average Bonchev–Trinajstić information content (AvgIpc) is 2.68. The summed E-state index contributed by atoms with van der Waals surface area (Å²) in [6, 6.07) is 1.92. The number of benzene rings is 1. The number of aliphatic imine (C=N–C) groups is 1. The summed E-state index contributed by atoms with van der Waals surface area (Å²) in [4.78, 5) is 41.2. The first-order valence-electron chi connectivity index (χ1n) is 8.52. The Balaban J connectivity index is 1.82. The number of barbiturate groups is 1. The van der Waals surface area contributed by atoms with E-state index in [0.29, 0.717) is 4.90 Å². The van der Waals surface area contributed by atoms with Crippen molar-refractivity contribution >= 4 is 29.7 Å². The van der Waals surface area contributed by atoms with Crippen molar-refractivity contribution in [1.82, 2.24) is 5.32 Å². The molecule has 0 spiro atoms. The Labute approximate surface area is 163 Å². The van der Waals surface area contributed by atoms with Gasteiger partial charge in [-0.2, -0.15) is 0 Å². The minimum atomic E-state index is -1.72. The lowest BCUT2D eigenvalue weighted by molar-refractivity contribution is -0.248. The molecule has 2 heterocycles. The average molecular weight is 411 g/mol. The van der Waals surface area contributed by atoms with Gasteiger partial charge in [0.25, 0.3) is 5.91 Å². The molecular weight excluding hydrogens is 393 g/mol. The van der Waals surface area contributed by atoms with Crippen LogP contribution in [0.4, 0.5) is 14.9 Å². The molecule has 3 rings (SSSR count). The minimum absolute atomic E-state index is 0.0158. The Morgan fingerprint density at radius 3 is 2.41 bits per heavy atom. The number of hydrogen-bond donors (Lipinski definition) is 5. The van der Waals surface area contributed by atoms with E-state index in [1.807, 2.05) is 5.32 Å². The Morgan fingerprint density at radius 2 is 1.79 bits per heavy atom. The number of ether oxygens (including phenoxy) is 1. The lowest BCUT2D eigenvalue weighted by atomic mass is 9.97. The van der Waals surface area contributed by atoms with Gasteiger partial charge in [0, 0.05) is 6.21 Å². The lowest BCUT2D eigenvalue weighted by Crippen LogP contribution is -2.59. The molecule has 6 atom stereocenters. The molecule has 4 amide bonds.